The summed E-state index contributed by atoms with van der Waals surface area (Å²) in [5.41, 5.74) is 1.98. The molecule has 2 amide bonds. The Kier molecular flexibility index (Phi) is 7.70. The Hall–Kier alpha value is -4.52. The molecule has 0 aliphatic heterocycles. The number of hydrogen-bond acceptors (Lipinski definition) is 5. The fraction of sp³-hybridized carbons (Fsp3) is 0.172. The van der Waals surface area contributed by atoms with Gasteiger partial charge in [-0.25, -0.2) is 0 Å². The second-order valence-corrected chi connectivity index (χ2v) is 8.20. The van der Waals surface area contributed by atoms with Crippen LogP contribution in [0.1, 0.15) is 28.9 Å². The molecule has 0 heterocycles. The smallest absolute Gasteiger partial charge is 0.262 e. The molecule has 4 aromatic rings. The first-order valence-electron chi connectivity index (χ1n) is 11.5. The van der Waals surface area contributed by atoms with Crippen molar-refractivity contribution in [2.45, 2.75) is 13.0 Å². The van der Waals surface area contributed by atoms with Crippen molar-refractivity contribution in [3.05, 3.63) is 96.1 Å². The molecule has 0 aliphatic rings. The van der Waals surface area contributed by atoms with Crippen LogP contribution in [0, 0.1) is 0 Å². The zero-order valence-corrected chi connectivity index (χ0v) is 20.4. The summed E-state index contributed by atoms with van der Waals surface area (Å²) in [5.74, 6) is 0.664. The molecule has 0 spiro atoms. The molecule has 184 valence electrons. The first kappa shape index (κ1) is 24.6. The van der Waals surface area contributed by atoms with Gasteiger partial charge in [-0.3, -0.25) is 9.59 Å². The number of hydrogen-bond donors (Lipinski definition) is 2. The SMILES string of the molecule is COc1ccccc1NC(=O)COc1ccc(C(=O)NC(C)c2ccc3ccccc3c2)cc1OC. The van der Waals surface area contributed by atoms with Gasteiger partial charge in [0.2, 0.25) is 0 Å². The molecule has 2 N–H and O–H groups in total. The van der Waals surface area contributed by atoms with Crippen molar-refractivity contribution in [3.63, 3.8) is 0 Å². The average molecular weight is 485 g/mol. The van der Waals surface area contributed by atoms with Crippen molar-refractivity contribution in [2.75, 3.05) is 26.1 Å². The van der Waals surface area contributed by atoms with Crippen LogP contribution in [0.25, 0.3) is 10.8 Å². The summed E-state index contributed by atoms with van der Waals surface area (Å²) in [6.07, 6.45) is 0. The third-order valence-electron chi connectivity index (χ3n) is 5.79. The second kappa shape index (κ2) is 11.3. The van der Waals surface area contributed by atoms with E-state index in [4.69, 9.17) is 14.2 Å². The lowest BCUT2D eigenvalue weighted by Gasteiger charge is -2.16. The lowest BCUT2D eigenvalue weighted by Crippen LogP contribution is -2.26. The molecule has 0 aromatic heterocycles. The summed E-state index contributed by atoms with van der Waals surface area (Å²) in [7, 11) is 3.02. The van der Waals surface area contributed by atoms with Gasteiger partial charge in [-0.15, -0.1) is 0 Å². The number of para-hydroxylation sites is 2. The largest absolute Gasteiger partial charge is 0.495 e. The van der Waals surface area contributed by atoms with Crippen molar-refractivity contribution in [1.82, 2.24) is 5.32 Å². The standard InChI is InChI=1S/C29H28N2O5/c1-19(21-13-12-20-8-4-5-9-22(20)16-21)30-29(33)23-14-15-26(27(17-23)35-3)36-18-28(32)31-24-10-6-7-11-25(24)34-2/h4-17,19H,18H2,1-3H3,(H,30,33)(H,31,32). The first-order valence-corrected chi connectivity index (χ1v) is 11.5. The fourth-order valence-corrected chi connectivity index (χ4v) is 3.85. The molecule has 1 atom stereocenters. The molecular formula is C29H28N2O5. The minimum atomic E-state index is -0.354. The van der Waals surface area contributed by atoms with Gasteiger partial charge in [-0.2, -0.15) is 0 Å². The predicted molar refractivity (Wildman–Crippen MR) is 140 cm³/mol. The highest BCUT2D eigenvalue weighted by Gasteiger charge is 2.16. The molecule has 36 heavy (non-hydrogen) atoms. The monoisotopic (exact) mass is 484 g/mol. The fourth-order valence-electron chi connectivity index (χ4n) is 3.85. The molecule has 0 radical (unpaired) electrons. The summed E-state index contributed by atoms with van der Waals surface area (Å²) in [5, 5.41) is 8.05. The molecular weight excluding hydrogens is 456 g/mol. The van der Waals surface area contributed by atoms with Gasteiger partial charge in [0.1, 0.15) is 5.75 Å². The van der Waals surface area contributed by atoms with Crippen molar-refractivity contribution >= 4 is 28.3 Å². The lowest BCUT2D eigenvalue weighted by atomic mass is 10.0. The second-order valence-electron chi connectivity index (χ2n) is 8.20. The molecule has 4 aromatic carbocycles. The van der Waals surface area contributed by atoms with Crippen LogP contribution in [-0.2, 0) is 4.79 Å². The van der Waals surface area contributed by atoms with E-state index in [2.05, 4.69) is 22.8 Å². The van der Waals surface area contributed by atoms with Gasteiger partial charge in [-0.05, 0) is 59.7 Å². The topological polar surface area (TPSA) is 85.9 Å². The molecule has 1 unspecified atom stereocenters. The maximum Gasteiger partial charge on any atom is 0.262 e. The molecule has 0 fully saturated rings. The van der Waals surface area contributed by atoms with E-state index >= 15 is 0 Å². The van der Waals surface area contributed by atoms with Crippen LogP contribution in [0.4, 0.5) is 5.69 Å². The van der Waals surface area contributed by atoms with Gasteiger partial charge in [0, 0.05) is 5.56 Å². The van der Waals surface area contributed by atoms with Crippen molar-refractivity contribution < 1.29 is 23.8 Å². The molecule has 0 bridgehead atoms. The first-order chi connectivity index (χ1) is 17.5. The van der Waals surface area contributed by atoms with Gasteiger partial charge in [-0.1, -0.05) is 48.5 Å². The van der Waals surface area contributed by atoms with E-state index in [-0.39, 0.29) is 24.5 Å². The van der Waals surface area contributed by atoms with E-state index in [1.165, 1.54) is 14.2 Å². The highest BCUT2D eigenvalue weighted by Crippen LogP contribution is 2.29. The number of carbonyl (C=O) groups is 2. The van der Waals surface area contributed by atoms with E-state index in [1.807, 2.05) is 43.3 Å². The van der Waals surface area contributed by atoms with Crippen LogP contribution in [0.5, 0.6) is 17.2 Å². The third-order valence-corrected chi connectivity index (χ3v) is 5.79. The summed E-state index contributed by atoms with van der Waals surface area (Å²) in [4.78, 5) is 25.3. The van der Waals surface area contributed by atoms with Crippen LogP contribution < -0.4 is 24.8 Å². The van der Waals surface area contributed by atoms with E-state index < -0.39 is 0 Å². The number of anilines is 1. The zero-order chi connectivity index (χ0) is 25.5. The Balaban J connectivity index is 1.39. The van der Waals surface area contributed by atoms with E-state index in [1.54, 1.807) is 36.4 Å². The van der Waals surface area contributed by atoms with Crippen LogP contribution in [0.15, 0.2) is 84.9 Å². The number of carbonyl (C=O) groups excluding carboxylic acids is 2. The van der Waals surface area contributed by atoms with E-state index in [9.17, 15) is 9.59 Å². The number of fused-ring (bicyclic) bond motifs is 1. The number of benzene rings is 4. The number of amides is 2. The number of nitrogens with one attached hydrogen (secondary N) is 2. The Morgan fingerprint density at radius 3 is 2.28 bits per heavy atom. The van der Waals surface area contributed by atoms with Gasteiger partial charge in [0.15, 0.2) is 18.1 Å². The molecule has 7 nitrogen and oxygen atoms in total. The Morgan fingerprint density at radius 1 is 0.778 bits per heavy atom. The highest BCUT2D eigenvalue weighted by atomic mass is 16.5. The maximum absolute atomic E-state index is 12.9. The van der Waals surface area contributed by atoms with Crippen LogP contribution in [0.2, 0.25) is 0 Å². The van der Waals surface area contributed by atoms with Crippen molar-refractivity contribution in [3.8, 4) is 17.2 Å². The van der Waals surface area contributed by atoms with Gasteiger partial charge < -0.3 is 24.8 Å². The van der Waals surface area contributed by atoms with Gasteiger partial charge in [0.25, 0.3) is 11.8 Å². The third kappa shape index (κ3) is 5.75. The number of rotatable bonds is 9. The van der Waals surface area contributed by atoms with Gasteiger partial charge >= 0.3 is 0 Å². The predicted octanol–water partition coefficient (Wildman–Crippen LogP) is 5.37. The van der Waals surface area contributed by atoms with Gasteiger partial charge in [0.05, 0.1) is 25.9 Å². The Morgan fingerprint density at radius 2 is 1.50 bits per heavy atom. The van der Waals surface area contributed by atoms with E-state index in [0.29, 0.717) is 28.5 Å². The summed E-state index contributed by atoms with van der Waals surface area (Å²) >= 11 is 0. The van der Waals surface area contributed by atoms with E-state index in [0.717, 1.165) is 16.3 Å². The Bertz CT molecular complexity index is 1390. The summed E-state index contributed by atoms with van der Waals surface area (Å²) in [6.45, 7) is 1.70. The zero-order valence-electron chi connectivity index (χ0n) is 20.4. The van der Waals surface area contributed by atoms with Crippen LogP contribution >= 0.6 is 0 Å². The molecule has 0 aliphatic carbocycles. The molecule has 0 saturated carbocycles. The van der Waals surface area contributed by atoms with Crippen molar-refractivity contribution in [1.29, 1.82) is 0 Å². The van der Waals surface area contributed by atoms with Crippen molar-refractivity contribution in [2.24, 2.45) is 0 Å². The maximum atomic E-state index is 12.9. The normalized spacial score (nSPS) is 11.4. The summed E-state index contributed by atoms with van der Waals surface area (Å²) < 4.78 is 16.3. The van der Waals surface area contributed by atoms with Crippen LogP contribution in [0.3, 0.4) is 0 Å². The molecule has 4 rings (SSSR count). The van der Waals surface area contributed by atoms with Crippen LogP contribution in [-0.4, -0.2) is 32.6 Å². The number of methoxy groups -OCH3 is 2. The minimum absolute atomic E-state index is 0.192. The average Bonchev–Trinajstić information content (AvgIpc) is 2.91. The molecule has 0 saturated heterocycles. The Labute approximate surface area is 210 Å². The quantitative estimate of drug-likeness (QED) is 0.334. The molecule has 7 heteroatoms. The minimum Gasteiger partial charge on any atom is -0.495 e. The highest BCUT2D eigenvalue weighted by molar-refractivity contribution is 5.95. The number of ether oxygens (including phenoxy) is 3. The summed E-state index contributed by atoms with van der Waals surface area (Å²) in [6, 6.07) is 26.0. The lowest BCUT2D eigenvalue weighted by molar-refractivity contribution is -0.118.